The van der Waals surface area contributed by atoms with E-state index in [-0.39, 0.29) is 24.1 Å². The molecule has 0 aliphatic carbocycles. The lowest BCUT2D eigenvalue weighted by Gasteiger charge is -2.39. The molecule has 6 aromatic rings. The molecule has 2 N–H and O–H groups in total. The number of methoxy groups -OCH3 is 1. The van der Waals surface area contributed by atoms with E-state index in [2.05, 4.69) is 45.2 Å². The zero-order chi connectivity index (χ0) is 45.9. The Morgan fingerprint density at radius 2 is 1.46 bits per heavy atom. The van der Waals surface area contributed by atoms with Crippen molar-refractivity contribution in [3.8, 4) is 17.2 Å². The molecule has 0 fully saturated rings. The lowest BCUT2D eigenvalue weighted by Crippen LogP contribution is -2.45. The maximum absolute atomic E-state index is 13.8. The van der Waals surface area contributed by atoms with E-state index in [1.165, 1.54) is 62.5 Å². The summed E-state index contributed by atoms with van der Waals surface area (Å²) < 4.78 is 17.1. The summed E-state index contributed by atoms with van der Waals surface area (Å²) in [6.45, 7) is 11.5. The van der Waals surface area contributed by atoms with Crippen LogP contribution in [0, 0.1) is 20.8 Å². The number of hydrogen-bond acceptors (Lipinski definition) is 6. The van der Waals surface area contributed by atoms with Crippen molar-refractivity contribution < 1.29 is 23.9 Å². The van der Waals surface area contributed by atoms with Crippen LogP contribution < -0.4 is 40.2 Å². The zero-order valence-corrected chi connectivity index (χ0v) is 39.3. The minimum Gasteiger partial charge on any atom is -0.497 e. The van der Waals surface area contributed by atoms with Crippen molar-refractivity contribution in [2.75, 3.05) is 51.3 Å². The van der Waals surface area contributed by atoms with E-state index in [0.717, 1.165) is 115 Å². The lowest BCUT2D eigenvalue weighted by atomic mass is 9.81. The van der Waals surface area contributed by atoms with E-state index < -0.39 is 0 Å². The maximum Gasteiger partial charge on any atom is 0.262 e. The number of rotatable bonds is 11. The van der Waals surface area contributed by atoms with Gasteiger partial charge in [-0.1, -0.05) is 23.8 Å². The number of carbonyl (C=O) groups is 3. The number of benzene rings is 5. The van der Waals surface area contributed by atoms with Crippen LogP contribution >= 0.6 is 0 Å². The number of unbranched alkanes of at least 4 members (excludes halogenated alkanes) is 1. The summed E-state index contributed by atoms with van der Waals surface area (Å²) >= 11 is 0. The predicted octanol–water partition coefficient (Wildman–Crippen LogP) is 7.57. The third-order valence-corrected chi connectivity index (χ3v) is 15.0. The predicted molar refractivity (Wildman–Crippen MR) is 264 cm³/mol. The second-order valence-corrected chi connectivity index (χ2v) is 19.3. The van der Waals surface area contributed by atoms with Gasteiger partial charge in [-0.15, -0.1) is 0 Å². The number of ether oxygens (including phenoxy) is 2. The van der Waals surface area contributed by atoms with Gasteiger partial charge in [0.15, 0.2) is 0 Å². The Kier molecular flexibility index (Phi) is 11.2. The highest BCUT2D eigenvalue weighted by molar-refractivity contribution is 6.05. The van der Waals surface area contributed by atoms with E-state index in [1.807, 2.05) is 68.4 Å². The van der Waals surface area contributed by atoms with Crippen molar-refractivity contribution in [3.63, 3.8) is 0 Å². The van der Waals surface area contributed by atoms with Crippen molar-refractivity contribution in [3.05, 3.63) is 150 Å². The van der Waals surface area contributed by atoms with Crippen LogP contribution in [0.4, 0.5) is 5.69 Å². The average Bonchev–Trinajstić information content (AvgIpc) is 3.61. The topological polar surface area (TPSA) is 105 Å². The van der Waals surface area contributed by atoms with Crippen LogP contribution in [-0.2, 0) is 36.9 Å². The Bertz CT molecular complexity index is 3170. The Labute approximate surface area is 392 Å². The molecule has 0 radical (unpaired) electrons. The van der Waals surface area contributed by atoms with Gasteiger partial charge in [0.25, 0.3) is 11.8 Å². The van der Waals surface area contributed by atoms with E-state index in [9.17, 15) is 14.4 Å². The largest absolute Gasteiger partial charge is 0.497 e. The highest BCUT2D eigenvalue weighted by atomic mass is 16.5. The number of hydrogen-bond donors (Lipinski definition) is 2. The summed E-state index contributed by atoms with van der Waals surface area (Å²) in [5.74, 6) is 2.39. The monoisotopic (exact) mass is 894 g/mol. The molecule has 0 saturated heterocycles. The zero-order valence-electron chi connectivity index (χ0n) is 39.3. The summed E-state index contributed by atoms with van der Waals surface area (Å²) in [6.07, 6.45) is 10.4. The van der Waals surface area contributed by atoms with E-state index >= 15 is 0 Å². The van der Waals surface area contributed by atoms with E-state index in [4.69, 9.17) is 9.47 Å². The van der Waals surface area contributed by atoms with Gasteiger partial charge in [0.1, 0.15) is 30.3 Å². The molecule has 0 atom stereocenters. The van der Waals surface area contributed by atoms with Gasteiger partial charge < -0.3 is 25.0 Å². The Hall–Kier alpha value is -6.68. The molecule has 0 saturated carbocycles. The van der Waals surface area contributed by atoms with Crippen LogP contribution in [0.25, 0.3) is 16.5 Å². The molecule has 0 spiro atoms. The number of anilines is 1. The summed E-state index contributed by atoms with van der Waals surface area (Å²) in [6, 6.07) is 24.2. The number of fused-ring (bicyclic) bond motifs is 5. The lowest BCUT2D eigenvalue weighted by molar-refractivity contribution is -0.120. The number of amides is 2. The molecular formula is C57H60N5O5+. The SMILES string of the molecule is COc1ccc2c(c1)c(CC(=O)NCCCCNC(=O)c1ccc(C3=c4cc5c6c(c4Oc4c3cc3c7c4CCCN7CCC3)CCC[N+]=6CCC5)c(C)c1)c(C)n2C(=O)c1ccc(C)cc1. The van der Waals surface area contributed by atoms with Gasteiger partial charge in [0, 0.05) is 94.4 Å². The standard InChI is InChI=1S/C57H59N5O5/c1-34-15-17-37(18-16-34)57(65)62-36(3)45(46-32-41(66-4)20-22-49(46)62)33-50(63)58-23-5-6-24-59-56(64)40-19-21-42(35(2)29-40)51-47-30-38-11-7-25-60-27-9-13-43(52(38)60)54(47)67-55-44-14-10-28-61-26-8-12-39(53(44)61)31-48(51)55/h15-22,29-32H,5-14,23-28,33H2,1-4H3,(H-,58,59,63,64)/p+1. The number of nitrogens with one attached hydrogen (secondary N) is 2. The Balaban J connectivity index is 0.788. The highest BCUT2D eigenvalue weighted by Crippen LogP contribution is 2.49. The van der Waals surface area contributed by atoms with Gasteiger partial charge in [-0.2, -0.15) is 0 Å². The normalized spacial score (nSPS) is 15.6. The third kappa shape index (κ3) is 7.58. The van der Waals surface area contributed by atoms with Gasteiger partial charge in [-0.25, -0.2) is 4.58 Å². The molecule has 342 valence electrons. The van der Waals surface area contributed by atoms with Crippen LogP contribution in [0.1, 0.15) is 115 Å². The summed E-state index contributed by atoms with van der Waals surface area (Å²) in [5, 5.41) is 9.65. The summed E-state index contributed by atoms with van der Waals surface area (Å²) in [7, 11) is 1.61. The van der Waals surface area contributed by atoms with E-state index in [0.29, 0.717) is 42.8 Å². The minimum atomic E-state index is -0.139. The molecule has 5 aliphatic heterocycles. The van der Waals surface area contributed by atoms with Crippen LogP contribution in [0.15, 0.2) is 72.8 Å². The molecule has 67 heavy (non-hydrogen) atoms. The first kappa shape index (κ1) is 42.9. The molecule has 0 bridgehead atoms. The number of carbonyl (C=O) groups excluding carboxylic acids is 3. The van der Waals surface area contributed by atoms with Crippen molar-refractivity contribution in [2.45, 2.75) is 91.4 Å². The van der Waals surface area contributed by atoms with Crippen molar-refractivity contribution in [2.24, 2.45) is 0 Å². The van der Waals surface area contributed by atoms with Crippen LogP contribution in [-0.4, -0.2) is 68.7 Å². The van der Waals surface area contributed by atoms with E-state index in [1.54, 1.807) is 11.7 Å². The molecule has 6 heterocycles. The Morgan fingerprint density at radius 1 is 0.731 bits per heavy atom. The van der Waals surface area contributed by atoms with Crippen LogP contribution in [0.5, 0.6) is 17.2 Å². The Morgan fingerprint density at radius 3 is 2.25 bits per heavy atom. The van der Waals surface area contributed by atoms with Crippen molar-refractivity contribution >= 4 is 39.9 Å². The molecule has 1 aromatic heterocycles. The molecule has 2 amide bonds. The van der Waals surface area contributed by atoms with Gasteiger partial charge in [-0.3, -0.25) is 19.0 Å². The first-order valence-corrected chi connectivity index (χ1v) is 24.5. The van der Waals surface area contributed by atoms with Gasteiger partial charge in [-0.05, 0) is 149 Å². The molecule has 10 heteroatoms. The molecular weight excluding hydrogens is 835 g/mol. The smallest absolute Gasteiger partial charge is 0.262 e. The summed E-state index contributed by atoms with van der Waals surface area (Å²) in [4.78, 5) is 43.4. The summed E-state index contributed by atoms with van der Waals surface area (Å²) in [5.41, 5.74) is 16.3. The van der Waals surface area contributed by atoms with Gasteiger partial charge in [0.05, 0.1) is 24.6 Å². The maximum atomic E-state index is 13.8. The molecule has 5 aliphatic rings. The quantitative estimate of drug-likeness (QED) is 0.103. The van der Waals surface area contributed by atoms with Crippen LogP contribution in [0.3, 0.4) is 0 Å². The minimum absolute atomic E-state index is 0.101. The highest BCUT2D eigenvalue weighted by Gasteiger charge is 2.36. The number of nitrogens with zero attached hydrogens (tertiary/aromatic N) is 3. The van der Waals surface area contributed by atoms with Crippen molar-refractivity contribution in [1.29, 1.82) is 0 Å². The van der Waals surface area contributed by atoms with Crippen LogP contribution in [0.2, 0.25) is 0 Å². The van der Waals surface area contributed by atoms with Gasteiger partial charge >= 0.3 is 0 Å². The second-order valence-electron chi connectivity index (χ2n) is 19.3. The second kappa shape index (κ2) is 17.5. The molecule has 11 rings (SSSR count). The number of aromatic nitrogens is 1. The number of aryl methyl sites for hydroxylation is 4. The van der Waals surface area contributed by atoms with Gasteiger partial charge in [0.2, 0.25) is 11.3 Å². The first-order chi connectivity index (χ1) is 32.7. The van der Waals surface area contributed by atoms with Crippen molar-refractivity contribution in [1.82, 2.24) is 19.8 Å². The molecule has 5 aromatic carbocycles. The molecule has 0 unspecified atom stereocenters. The fourth-order valence-corrected chi connectivity index (χ4v) is 11.8. The fourth-order valence-electron chi connectivity index (χ4n) is 11.8. The molecule has 10 nitrogen and oxygen atoms in total. The average molecular weight is 895 g/mol. The first-order valence-electron chi connectivity index (χ1n) is 24.5. The fraction of sp³-hybridized carbons (Fsp3) is 0.368. The third-order valence-electron chi connectivity index (χ3n) is 15.0.